The van der Waals surface area contributed by atoms with Crippen LogP contribution in [0, 0.1) is 5.82 Å². The molecule has 4 rings (SSSR count). The van der Waals surface area contributed by atoms with Crippen molar-refractivity contribution in [2.75, 3.05) is 12.2 Å². The molecule has 8 nitrogen and oxygen atoms in total. The number of fused-ring (bicyclic) bond motifs is 1. The van der Waals surface area contributed by atoms with Crippen molar-refractivity contribution in [1.82, 2.24) is 15.3 Å². The first-order valence-electron chi connectivity index (χ1n) is 9.45. The number of phenolic OH excluding ortho intramolecular Hbond substituents is 1. The van der Waals surface area contributed by atoms with Gasteiger partial charge in [-0.15, -0.1) is 4.99 Å². The van der Waals surface area contributed by atoms with Crippen molar-refractivity contribution in [3.8, 4) is 17.1 Å². The predicted molar refractivity (Wildman–Crippen MR) is 108 cm³/mol. The molecular formula is C21H16F4N4O4. The molecule has 0 unspecified atom stereocenters. The van der Waals surface area contributed by atoms with Crippen molar-refractivity contribution < 1.29 is 37.0 Å². The van der Waals surface area contributed by atoms with Crippen LogP contribution in [0.3, 0.4) is 0 Å². The average molecular weight is 464 g/mol. The van der Waals surface area contributed by atoms with Crippen LogP contribution < -0.4 is 10.8 Å². The topological polar surface area (TPSA) is 102 Å². The van der Waals surface area contributed by atoms with Gasteiger partial charge in [-0.3, -0.25) is 5.32 Å². The number of phenols is 1. The standard InChI is InChI=1S/C21H16F4N4O4/c22-15-2-4-18-13(6-15)7-19(32-18)29-33-31-11-26-8-12-1-3-17(30)16(5-12)20-27-9-14(10-28-20)21(23,24)25/h1-7,9-10,26,29-30H,8,11H2. The highest BCUT2D eigenvalue weighted by Gasteiger charge is 2.31. The van der Waals surface area contributed by atoms with Gasteiger partial charge < -0.3 is 9.52 Å². The molecule has 0 aliphatic heterocycles. The number of hydrogen-bond acceptors (Lipinski definition) is 8. The Morgan fingerprint density at radius 3 is 2.58 bits per heavy atom. The molecule has 0 aliphatic carbocycles. The van der Waals surface area contributed by atoms with Gasteiger partial charge in [0.1, 0.15) is 23.9 Å². The van der Waals surface area contributed by atoms with Crippen LogP contribution in [0.2, 0.25) is 0 Å². The zero-order chi connectivity index (χ0) is 23.4. The number of halogens is 4. The molecule has 3 N–H and O–H groups in total. The molecule has 0 radical (unpaired) electrons. The first-order chi connectivity index (χ1) is 15.8. The molecule has 2 heterocycles. The molecule has 0 aliphatic rings. The van der Waals surface area contributed by atoms with E-state index in [1.54, 1.807) is 6.07 Å². The summed E-state index contributed by atoms with van der Waals surface area (Å²) in [4.78, 5) is 17.1. The first-order valence-corrected chi connectivity index (χ1v) is 9.45. The fraction of sp³-hybridized carbons (Fsp3) is 0.143. The lowest BCUT2D eigenvalue weighted by molar-refractivity contribution is -0.278. The monoisotopic (exact) mass is 464 g/mol. The fourth-order valence-corrected chi connectivity index (χ4v) is 2.89. The number of alkyl halides is 3. The number of aromatic nitrogens is 2. The molecule has 33 heavy (non-hydrogen) atoms. The van der Waals surface area contributed by atoms with Crippen molar-refractivity contribution in [3.63, 3.8) is 0 Å². The normalized spacial score (nSPS) is 11.8. The molecule has 0 amide bonds. The summed E-state index contributed by atoms with van der Waals surface area (Å²) in [5.41, 5.74) is 2.78. The Bertz CT molecular complexity index is 1250. The summed E-state index contributed by atoms with van der Waals surface area (Å²) in [7, 11) is 0. The molecule has 0 bridgehead atoms. The molecule has 0 spiro atoms. The van der Waals surface area contributed by atoms with Crippen molar-refractivity contribution >= 4 is 16.9 Å². The number of nitrogens with one attached hydrogen (secondary N) is 2. The summed E-state index contributed by atoms with van der Waals surface area (Å²) in [6.45, 7) is 0.232. The molecule has 2 aromatic carbocycles. The molecule has 12 heteroatoms. The maximum Gasteiger partial charge on any atom is 0.419 e. The smallest absolute Gasteiger partial charge is 0.419 e. The van der Waals surface area contributed by atoms with Gasteiger partial charge in [0.05, 0.1) is 11.1 Å². The number of benzene rings is 2. The third kappa shape index (κ3) is 5.55. The SMILES string of the molecule is Oc1ccc(CNCOONc2cc3cc(F)ccc3o2)cc1-c1ncc(C(F)(F)F)cn1. The summed E-state index contributed by atoms with van der Waals surface area (Å²) in [5.74, 6) is -0.390. The van der Waals surface area contributed by atoms with Crippen LogP contribution in [0.5, 0.6) is 5.75 Å². The van der Waals surface area contributed by atoms with E-state index in [1.807, 2.05) is 0 Å². The summed E-state index contributed by atoms with van der Waals surface area (Å²) in [6.07, 6.45) is -3.24. The van der Waals surface area contributed by atoms with Gasteiger partial charge >= 0.3 is 6.18 Å². The second-order valence-corrected chi connectivity index (χ2v) is 6.81. The minimum absolute atomic E-state index is 0.0446. The van der Waals surface area contributed by atoms with Gasteiger partial charge in [-0.2, -0.15) is 18.1 Å². The molecular weight excluding hydrogens is 448 g/mol. The van der Waals surface area contributed by atoms with Crippen LogP contribution in [-0.4, -0.2) is 21.8 Å². The van der Waals surface area contributed by atoms with Gasteiger partial charge in [-0.25, -0.2) is 19.8 Å². The summed E-state index contributed by atoms with van der Waals surface area (Å²) in [5, 5.41) is 13.5. The summed E-state index contributed by atoms with van der Waals surface area (Å²) in [6, 6.07) is 10.1. The van der Waals surface area contributed by atoms with E-state index in [2.05, 4.69) is 20.8 Å². The minimum atomic E-state index is -4.55. The second-order valence-electron chi connectivity index (χ2n) is 6.81. The molecule has 0 saturated heterocycles. The quantitative estimate of drug-likeness (QED) is 0.113. The summed E-state index contributed by atoms with van der Waals surface area (Å²) < 4.78 is 56.6. The maximum absolute atomic E-state index is 13.2. The number of rotatable bonds is 8. The highest BCUT2D eigenvalue weighted by atomic mass is 19.4. The largest absolute Gasteiger partial charge is 0.507 e. The zero-order valence-corrected chi connectivity index (χ0v) is 16.7. The Hall–Kier alpha value is -3.74. The molecule has 0 saturated carbocycles. The fourth-order valence-electron chi connectivity index (χ4n) is 2.89. The van der Waals surface area contributed by atoms with E-state index < -0.39 is 17.6 Å². The van der Waals surface area contributed by atoms with E-state index in [1.165, 1.54) is 36.4 Å². The third-order valence-corrected chi connectivity index (χ3v) is 4.45. The van der Waals surface area contributed by atoms with Crippen LogP contribution in [0.15, 0.2) is 59.3 Å². The molecule has 0 fully saturated rings. The molecule has 4 aromatic rings. The van der Waals surface area contributed by atoms with Gasteiger partial charge in [0, 0.05) is 30.4 Å². The number of nitrogens with zero attached hydrogens (tertiary/aromatic N) is 2. The Labute approximate surface area is 183 Å². The van der Waals surface area contributed by atoms with Crippen molar-refractivity contribution in [1.29, 1.82) is 0 Å². The van der Waals surface area contributed by atoms with Crippen LogP contribution in [0.25, 0.3) is 22.4 Å². The van der Waals surface area contributed by atoms with E-state index in [-0.39, 0.29) is 36.3 Å². The van der Waals surface area contributed by atoms with E-state index in [0.29, 0.717) is 28.9 Å². The Morgan fingerprint density at radius 1 is 1.03 bits per heavy atom. The zero-order valence-electron chi connectivity index (χ0n) is 16.7. The number of furan rings is 1. The lowest BCUT2D eigenvalue weighted by atomic mass is 10.1. The third-order valence-electron chi connectivity index (χ3n) is 4.45. The van der Waals surface area contributed by atoms with Crippen LogP contribution in [-0.2, 0) is 22.6 Å². The second kappa shape index (κ2) is 9.40. The van der Waals surface area contributed by atoms with Crippen molar-refractivity contribution in [3.05, 3.63) is 71.8 Å². The molecule has 2 aromatic heterocycles. The van der Waals surface area contributed by atoms with Gasteiger partial charge in [-0.05, 0) is 35.9 Å². The molecule has 172 valence electrons. The maximum atomic E-state index is 13.2. The van der Waals surface area contributed by atoms with Crippen LogP contribution in [0.4, 0.5) is 23.4 Å². The number of hydrogen-bond donors (Lipinski definition) is 3. The minimum Gasteiger partial charge on any atom is -0.507 e. The Balaban J connectivity index is 1.27. The average Bonchev–Trinajstić information content (AvgIpc) is 3.18. The van der Waals surface area contributed by atoms with Gasteiger partial charge in [0.25, 0.3) is 0 Å². The van der Waals surface area contributed by atoms with Crippen LogP contribution in [0.1, 0.15) is 11.1 Å². The Morgan fingerprint density at radius 2 is 1.82 bits per heavy atom. The van der Waals surface area contributed by atoms with Crippen LogP contribution >= 0.6 is 0 Å². The predicted octanol–water partition coefficient (Wildman–Crippen LogP) is 4.78. The van der Waals surface area contributed by atoms with Gasteiger partial charge in [-0.1, -0.05) is 6.07 Å². The van der Waals surface area contributed by atoms with Gasteiger partial charge in [0.2, 0.25) is 5.88 Å². The summed E-state index contributed by atoms with van der Waals surface area (Å²) >= 11 is 0. The van der Waals surface area contributed by atoms with Crippen molar-refractivity contribution in [2.24, 2.45) is 0 Å². The van der Waals surface area contributed by atoms with Gasteiger partial charge in [0.15, 0.2) is 5.82 Å². The lowest BCUT2D eigenvalue weighted by Gasteiger charge is -2.10. The first kappa shape index (κ1) is 22.5. The highest BCUT2D eigenvalue weighted by Crippen LogP contribution is 2.31. The molecule has 0 atom stereocenters. The number of aromatic hydroxyl groups is 1. The van der Waals surface area contributed by atoms with E-state index in [9.17, 15) is 22.7 Å². The van der Waals surface area contributed by atoms with E-state index in [0.717, 1.165) is 0 Å². The van der Waals surface area contributed by atoms with E-state index in [4.69, 9.17) is 14.3 Å². The van der Waals surface area contributed by atoms with E-state index >= 15 is 0 Å². The Kier molecular flexibility index (Phi) is 6.40. The van der Waals surface area contributed by atoms with Crippen molar-refractivity contribution in [2.45, 2.75) is 12.7 Å². The highest BCUT2D eigenvalue weighted by molar-refractivity contribution is 5.80. The number of anilines is 1. The lowest BCUT2D eigenvalue weighted by Crippen LogP contribution is -2.18.